The van der Waals surface area contributed by atoms with E-state index in [4.69, 9.17) is 0 Å². The number of nitrogens with zero attached hydrogens (tertiary/aromatic N) is 1. The number of fused-ring (bicyclic) bond motifs is 1. The molecule has 2 atom stereocenters. The summed E-state index contributed by atoms with van der Waals surface area (Å²) in [6.45, 7) is 4.05. The van der Waals surface area contributed by atoms with Gasteiger partial charge < -0.3 is 5.32 Å². The van der Waals surface area contributed by atoms with Crippen molar-refractivity contribution in [1.29, 1.82) is 0 Å². The summed E-state index contributed by atoms with van der Waals surface area (Å²) in [4.78, 5) is 15.3. The molecule has 2 unspecified atom stereocenters. The first-order chi connectivity index (χ1) is 12.2. The van der Waals surface area contributed by atoms with Gasteiger partial charge >= 0.3 is 0 Å². The Labute approximate surface area is 150 Å². The van der Waals surface area contributed by atoms with E-state index in [9.17, 15) is 4.79 Å². The number of aryl methyl sites for hydroxylation is 1. The smallest absolute Gasteiger partial charge is 0.240 e. The molecule has 2 aliphatic rings. The lowest BCUT2D eigenvalue weighted by atomic mass is 9.84. The molecule has 1 saturated heterocycles. The maximum Gasteiger partial charge on any atom is 0.240 e. The van der Waals surface area contributed by atoms with E-state index in [0.717, 1.165) is 38.8 Å². The van der Waals surface area contributed by atoms with Crippen LogP contribution >= 0.6 is 0 Å². The van der Waals surface area contributed by atoms with Crippen molar-refractivity contribution in [2.24, 2.45) is 0 Å². The van der Waals surface area contributed by atoms with Crippen molar-refractivity contribution in [3.63, 3.8) is 0 Å². The van der Waals surface area contributed by atoms with Gasteiger partial charge in [0.1, 0.15) is 0 Å². The Kier molecular flexibility index (Phi) is 4.34. The first-order valence-corrected chi connectivity index (χ1v) is 9.34. The summed E-state index contributed by atoms with van der Waals surface area (Å²) in [5.74, 6) is 0.188. The second-order valence-electron chi connectivity index (χ2n) is 7.51. The monoisotopic (exact) mass is 334 g/mol. The van der Waals surface area contributed by atoms with E-state index >= 15 is 0 Å². The van der Waals surface area contributed by atoms with Crippen molar-refractivity contribution in [3.05, 3.63) is 71.3 Å². The second-order valence-corrected chi connectivity index (χ2v) is 7.51. The Bertz CT molecular complexity index is 758. The van der Waals surface area contributed by atoms with Gasteiger partial charge in [-0.15, -0.1) is 0 Å². The van der Waals surface area contributed by atoms with Crippen molar-refractivity contribution in [2.45, 2.75) is 44.2 Å². The molecule has 3 nitrogen and oxygen atoms in total. The highest BCUT2D eigenvalue weighted by molar-refractivity contribution is 5.87. The standard InChI is InChI=1S/C22H26N2O/c1-22(14-16-24(22)15-13-17-7-3-2-4-8-17)21(25)23-20-12-11-18-9-5-6-10-19(18)20/h2-10,20H,11-16H2,1H3,(H,23,25). The first kappa shape index (κ1) is 16.3. The van der Waals surface area contributed by atoms with Gasteiger partial charge in [0.05, 0.1) is 11.6 Å². The van der Waals surface area contributed by atoms with Crippen LogP contribution in [0.5, 0.6) is 0 Å². The Morgan fingerprint density at radius 3 is 2.68 bits per heavy atom. The van der Waals surface area contributed by atoms with Gasteiger partial charge in [0.25, 0.3) is 0 Å². The molecule has 0 radical (unpaired) electrons. The van der Waals surface area contributed by atoms with Gasteiger partial charge in [0, 0.05) is 13.1 Å². The van der Waals surface area contributed by atoms with E-state index < -0.39 is 0 Å². The zero-order valence-electron chi connectivity index (χ0n) is 14.9. The molecule has 2 aromatic carbocycles. The van der Waals surface area contributed by atoms with E-state index in [0.29, 0.717) is 0 Å². The van der Waals surface area contributed by atoms with Crippen LogP contribution in [-0.4, -0.2) is 29.4 Å². The van der Waals surface area contributed by atoms with Crippen molar-refractivity contribution in [2.75, 3.05) is 13.1 Å². The minimum atomic E-state index is -0.355. The van der Waals surface area contributed by atoms with Crippen LogP contribution in [0.1, 0.15) is 42.5 Å². The van der Waals surface area contributed by atoms with Crippen LogP contribution in [-0.2, 0) is 17.6 Å². The summed E-state index contributed by atoms with van der Waals surface area (Å²) < 4.78 is 0. The number of nitrogens with one attached hydrogen (secondary N) is 1. The fourth-order valence-corrected chi connectivity index (χ4v) is 4.15. The highest BCUT2D eigenvalue weighted by atomic mass is 16.2. The van der Waals surface area contributed by atoms with Crippen LogP contribution in [0.2, 0.25) is 0 Å². The molecule has 0 aromatic heterocycles. The number of rotatable bonds is 5. The molecule has 0 spiro atoms. The van der Waals surface area contributed by atoms with Gasteiger partial charge in [-0.1, -0.05) is 54.6 Å². The first-order valence-electron chi connectivity index (χ1n) is 9.34. The third-order valence-electron chi connectivity index (χ3n) is 6.01. The van der Waals surface area contributed by atoms with Gasteiger partial charge in [-0.3, -0.25) is 9.69 Å². The SMILES string of the molecule is CC1(C(=O)NC2CCc3ccccc32)CCN1CCc1ccccc1. The van der Waals surface area contributed by atoms with E-state index in [-0.39, 0.29) is 17.5 Å². The summed E-state index contributed by atoms with van der Waals surface area (Å²) in [6, 6.07) is 19.2. The highest BCUT2D eigenvalue weighted by Gasteiger charge is 2.47. The maximum absolute atomic E-state index is 13.0. The van der Waals surface area contributed by atoms with Gasteiger partial charge in [0.2, 0.25) is 5.91 Å². The molecule has 130 valence electrons. The normalized spacial score (nSPS) is 25.2. The number of hydrogen-bond acceptors (Lipinski definition) is 2. The van der Waals surface area contributed by atoms with Crippen LogP contribution in [0.4, 0.5) is 0 Å². The molecule has 0 bridgehead atoms. The predicted octanol–water partition coefficient (Wildman–Crippen LogP) is 3.50. The molecule has 1 aliphatic heterocycles. The lowest BCUT2D eigenvalue weighted by Crippen LogP contribution is -2.66. The topological polar surface area (TPSA) is 32.3 Å². The fourth-order valence-electron chi connectivity index (χ4n) is 4.15. The van der Waals surface area contributed by atoms with Crippen LogP contribution < -0.4 is 5.32 Å². The average molecular weight is 334 g/mol. The highest BCUT2D eigenvalue weighted by Crippen LogP contribution is 2.34. The summed E-state index contributed by atoms with van der Waals surface area (Å²) in [7, 11) is 0. The van der Waals surface area contributed by atoms with Crippen LogP contribution in [0.3, 0.4) is 0 Å². The molecule has 1 amide bonds. The summed E-state index contributed by atoms with van der Waals surface area (Å²) in [6.07, 6.45) is 4.03. The van der Waals surface area contributed by atoms with Gasteiger partial charge in [-0.05, 0) is 49.3 Å². The molecule has 4 rings (SSSR count). The molecular formula is C22H26N2O. The minimum Gasteiger partial charge on any atom is -0.348 e. The molecule has 3 heteroatoms. The predicted molar refractivity (Wildman–Crippen MR) is 100 cm³/mol. The van der Waals surface area contributed by atoms with Crippen LogP contribution in [0, 0.1) is 0 Å². The fraction of sp³-hybridized carbons (Fsp3) is 0.409. The number of amides is 1. The Hall–Kier alpha value is -2.13. The quantitative estimate of drug-likeness (QED) is 0.908. The van der Waals surface area contributed by atoms with E-state index in [1.54, 1.807) is 0 Å². The molecular weight excluding hydrogens is 308 g/mol. The lowest BCUT2D eigenvalue weighted by molar-refractivity contribution is -0.141. The summed E-state index contributed by atoms with van der Waals surface area (Å²) in [5.41, 5.74) is 3.66. The number of carbonyl (C=O) groups is 1. The van der Waals surface area contributed by atoms with E-state index in [1.807, 2.05) is 6.07 Å². The Morgan fingerprint density at radius 1 is 1.16 bits per heavy atom. The molecule has 1 aliphatic carbocycles. The van der Waals surface area contributed by atoms with Crippen LogP contribution in [0.25, 0.3) is 0 Å². The summed E-state index contributed by atoms with van der Waals surface area (Å²) >= 11 is 0. The average Bonchev–Trinajstić information content (AvgIpc) is 3.04. The van der Waals surface area contributed by atoms with Crippen molar-refractivity contribution in [1.82, 2.24) is 10.2 Å². The molecule has 2 aromatic rings. The molecule has 1 N–H and O–H groups in total. The lowest BCUT2D eigenvalue weighted by Gasteiger charge is -2.49. The van der Waals surface area contributed by atoms with E-state index in [2.05, 4.69) is 65.7 Å². The largest absolute Gasteiger partial charge is 0.348 e. The van der Waals surface area contributed by atoms with Gasteiger partial charge in [-0.2, -0.15) is 0 Å². The number of likely N-dealkylation sites (tertiary alicyclic amines) is 1. The molecule has 25 heavy (non-hydrogen) atoms. The molecule has 0 saturated carbocycles. The minimum absolute atomic E-state index is 0.178. The van der Waals surface area contributed by atoms with Crippen molar-refractivity contribution >= 4 is 5.91 Å². The van der Waals surface area contributed by atoms with Gasteiger partial charge in [0.15, 0.2) is 0 Å². The third kappa shape index (κ3) is 3.09. The zero-order valence-corrected chi connectivity index (χ0v) is 14.9. The van der Waals surface area contributed by atoms with Crippen molar-refractivity contribution < 1.29 is 4.79 Å². The molecule has 1 fully saturated rings. The van der Waals surface area contributed by atoms with Gasteiger partial charge in [-0.25, -0.2) is 0 Å². The second kappa shape index (κ2) is 6.64. The maximum atomic E-state index is 13.0. The number of hydrogen-bond donors (Lipinski definition) is 1. The Morgan fingerprint density at radius 2 is 1.92 bits per heavy atom. The zero-order chi connectivity index (χ0) is 17.3. The Balaban J connectivity index is 1.38. The van der Waals surface area contributed by atoms with Crippen LogP contribution in [0.15, 0.2) is 54.6 Å². The number of carbonyl (C=O) groups excluding carboxylic acids is 1. The molecule has 1 heterocycles. The summed E-state index contributed by atoms with van der Waals surface area (Å²) in [5, 5.41) is 3.33. The number of benzene rings is 2. The third-order valence-corrected chi connectivity index (χ3v) is 6.01. The van der Waals surface area contributed by atoms with E-state index in [1.165, 1.54) is 16.7 Å². The van der Waals surface area contributed by atoms with Crippen molar-refractivity contribution in [3.8, 4) is 0 Å².